The van der Waals surface area contributed by atoms with Gasteiger partial charge in [0.05, 0.1) is 4.90 Å². The van der Waals surface area contributed by atoms with E-state index in [9.17, 15) is 22.8 Å². The fourth-order valence-corrected chi connectivity index (χ4v) is 5.52. The molecule has 0 saturated carbocycles. The van der Waals surface area contributed by atoms with Crippen LogP contribution in [0.4, 0.5) is 4.79 Å². The third kappa shape index (κ3) is 9.01. The van der Waals surface area contributed by atoms with Crippen LogP contribution in [0.25, 0.3) is 0 Å². The van der Waals surface area contributed by atoms with E-state index in [2.05, 4.69) is 10.2 Å². The van der Waals surface area contributed by atoms with Crippen molar-refractivity contribution in [2.24, 2.45) is 0 Å². The van der Waals surface area contributed by atoms with Gasteiger partial charge in [0.1, 0.15) is 23.4 Å². The zero-order chi connectivity index (χ0) is 31.2. The number of amides is 2. The Hall–Kier alpha value is -3.48. The van der Waals surface area contributed by atoms with E-state index in [-0.39, 0.29) is 11.3 Å². The van der Waals surface area contributed by atoms with Gasteiger partial charge in [0.25, 0.3) is 0 Å². The van der Waals surface area contributed by atoms with Gasteiger partial charge in [-0.3, -0.25) is 4.79 Å². The van der Waals surface area contributed by atoms with E-state index < -0.39 is 45.7 Å². The van der Waals surface area contributed by atoms with Crippen LogP contribution in [0.3, 0.4) is 0 Å². The van der Waals surface area contributed by atoms with E-state index in [1.807, 2.05) is 14.0 Å². The Morgan fingerprint density at radius 3 is 2.10 bits per heavy atom. The summed E-state index contributed by atoms with van der Waals surface area (Å²) in [5.74, 6) is -0.948. The van der Waals surface area contributed by atoms with Gasteiger partial charge >= 0.3 is 12.1 Å². The minimum atomic E-state index is -3.96. The molecular formula is C30H42N4O7S. The van der Waals surface area contributed by atoms with E-state index >= 15 is 0 Å². The Kier molecular flexibility index (Phi) is 10.7. The van der Waals surface area contributed by atoms with Crippen molar-refractivity contribution < 1.29 is 32.3 Å². The number of hydrogen-bond donors (Lipinski definition) is 1. The quantitative estimate of drug-likeness (QED) is 0.435. The van der Waals surface area contributed by atoms with Gasteiger partial charge in [0, 0.05) is 39.6 Å². The lowest BCUT2D eigenvalue weighted by Gasteiger charge is -2.31. The zero-order valence-electron chi connectivity index (χ0n) is 25.4. The highest BCUT2D eigenvalue weighted by Crippen LogP contribution is 2.19. The molecule has 0 aliphatic carbocycles. The second-order valence-corrected chi connectivity index (χ2v) is 13.6. The number of rotatable bonds is 9. The van der Waals surface area contributed by atoms with Crippen LogP contribution in [0.1, 0.15) is 38.8 Å². The normalized spacial score (nSPS) is 16.0. The van der Waals surface area contributed by atoms with Crippen molar-refractivity contribution in [1.82, 2.24) is 19.4 Å². The summed E-state index contributed by atoms with van der Waals surface area (Å²) in [7, 11) is -0.636. The molecule has 3 rings (SSSR count). The van der Waals surface area contributed by atoms with Gasteiger partial charge in [-0.25, -0.2) is 18.0 Å². The maximum atomic E-state index is 13.2. The number of aryl methyl sites for hydroxylation is 1. The summed E-state index contributed by atoms with van der Waals surface area (Å²) in [6.45, 7) is 11.2. The largest absolute Gasteiger partial charge is 0.458 e. The molecule has 0 unspecified atom stereocenters. The second kappa shape index (κ2) is 13.7. The zero-order valence-corrected chi connectivity index (χ0v) is 26.2. The molecule has 0 aromatic heterocycles. The van der Waals surface area contributed by atoms with E-state index in [0.29, 0.717) is 24.4 Å². The molecule has 2 atom stereocenters. The molecule has 1 N–H and O–H groups in total. The minimum absolute atomic E-state index is 0.0624. The molecule has 11 nitrogen and oxygen atoms in total. The molecule has 0 radical (unpaired) electrons. The van der Waals surface area contributed by atoms with Crippen LogP contribution < -0.4 is 10.1 Å². The van der Waals surface area contributed by atoms with Crippen LogP contribution in [0.2, 0.25) is 0 Å². The van der Waals surface area contributed by atoms with Gasteiger partial charge in [0.2, 0.25) is 15.9 Å². The third-order valence-corrected chi connectivity index (χ3v) is 8.90. The van der Waals surface area contributed by atoms with Gasteiger partial charge in [-0.1, -0.05) is 29.8 Å². The molecule has 0 bridgehead atoms. The van der Waals surface area contributed by atoms with Crippen LogP contribution in [0.5, 0.6) is 5.75 Å². The number of sulfonamides is 1. The van der Waals surface area contributed by atoms with Gasteiger partial charge in [-0.05, 0) is 71.5 Å². The average Bonchev–Trinajstić information content (AvgIpc) is 2.92. The van der Waals surface area contributed by atoms with Crippen molar-refractivity contribution >= 4 is 28.0 Å². The fraction of sp³-hybridized carbons (Fsp3) is 0.500. The number of nitrogens with zero attached hydrogens (tertiary/aromatic N) is 3. The van der Waals surface area contributed by atoms with Gasteiger partial charge in [0.15, 0.2) is 0 Å². The van der Waals surface area contributed by atoms with E-state index in [1.165, 1.54) is 26.1 Å². The Morgan fingerprint density at radius 1 is 0.976 bits per heavy atom. The van der Waals surface area contributed by atoms with Crippen LogP contribution in [0, 0.1) is 6.92 Å². The molecular weight excluding hydrogens is 560 g/mol. The smallest absolute Gasteiger partial charge is 0.415 e. The Morgan fingerprint density at radius 2 is 1.55 bits per heavy atom. The maximum Gasteiger partial charge on any atom is 0.415 e. The average molecular weight is 603 g/mol. The van der Waals surface area contributed by atoms with Gasteiger partial charge in [-0.2, -0.15) is 4.31 Å². The number of nitrogens with one attached hydrogen (secondary N) is 1. The molecule has 230 valence electrons. The van der Waals surface area contributed by atoms with E-state index in [4.69, 9.17) is 9.47 Å². The molecule has 2 aromatic carbocycles. The SMILES string of the molecule is Cc1ccc(S(=O)(=O)N(C)[C@@H](C)C(=O)N[C@@H](Cc2ccc(OC(=O)N3CCN(C)CC3)cc2)C(=O)OC(C)(C)C)cc1. The number of carbonyl (C=O) groups excluding carboxylic acids is 3. The van der Waals surface area contributed by atoms with Crippen molar-refractivity contribution in [3.63, 3.8) is 0 Å². The summed E-state index contributed by atoms with van der Waals surface area (Å²) < 4.78 is 38.3. The number of esters is 1. The van der Waals surface area contributed by atoms with E-state index in [1.54, 1.807) is 62.1 Å². The predicted octanol–water partition coefficient (Wildman–Crippen LogP) is 2.82. The first-order valence-electron chi connectivity index (χ1n) is 13.9. The first-order chi connectivity index (χ1) is 19.6. The Bertz CT molecular complexity index is 1350. The van der Waals surface area contributed by atoms with Crippen molar-refractivity contribution in [2.45, 2.75) is 63.6 Å². The minimum Gasteiger partial charge on any atom is -0.458 e. The first kappa shape index (κ1) is 33.0. The molecule has 12 heteroatoms. The van der Waals surface area contributed by atoms with Crippen LogP contribution in [-0.4, -0.2) is 98.5 Å². The topological polar surface area (TPSA) is 126 Å². The van der Waals surface area contributed by atoms with Crippen molar-refractivity contribution in [1.29, 1.82) is 0 Å². The Balaban J connectivity index is 1.71. The van der Waals surface area contributed by atoms with Gasteiger partial charge in [-0.15, -0.1) is 0 Å². The lowest BCUT2D eigenvalue weighted by Crippen LogP contribution is -2.52. The summed E-state index contributed by atoms with van der Waals surface area (Å²) in [5, 5.41) is 2.68. The highest BCUT2D eigenvalue weighted by Gasteiger charge is 2.33. The number of hydrogen-bond acceptors (Lipinski definition) is 8. The molecule has 1 fully saturated rings. The highest BCUT2D eigenvalue weighted by molar-refractivity contribution is 7.89. The summed E-state index contributed by atoms with van der Waals surface area (Å²) in [6, 6.07) is 10.8. The molecule has 1 aliphatic rings. The monoisotopic (exact) mass is 602 g/mol. The van der Waals surface area contributed by atoms with Crippen molar-refractivity contribution in [3.8, 4) is 5.75 Å². The third-order valence-electron chi connectivity index (χ3n) is 6.96. The summed E-state index contributed by atoms with van der Waals surface area (Å²) in [4.78, 5) is 42.7. The number of carbonyl (C=O) groups is 3. The molecule has 0 spiro atoms. The predicted molar refractivity (Wildman–Crippen MR) is 159 cm³/mol. The lowest BCUT2D eigenvalue weighted by atomic mass is 10.0. The standard InChI is InChI=1S/C30H42N4O7S/c1-21-8-14-25(15-9-21)42(38,39)33(7)22(2)27(35)31-26(28(36)41-30(3,4)5)20-23-10-12-24(13-11-23)40-29(37)34-18-16-32(6)17-19-34/h8-15,22,26H,16-20H2,1-7H3,(H,31,35)/t22-,26-/m0/s1. The van der Waals surface area contributed by atoms with Crippen molar-refractivity contribution in [2.75, 3.05) is 40.3 Å². The second-order valence-electron chi connectivity index (χ2n) is 11.6. The molecule has 1 heterocycles. The van der Waals surface area contributed by atoms with Crippen LogP contribution in [0.15, 0.2) is 53.4 Å². The van der Waals surface area contributed by atoms with Crippen LogP contribution in [-0.2, 0) is 30.8 Å². The molecule has 42 heavy (non-hydrogen) atoms. The number of likely N-dealkylation sites (N-methyl/N-ethyl adjacent to an activating group) is 2. The summed E-state index contributed by atoms with van der Waals surface area (Å²) in [6.07, 6.45) is -0.345. The fourth-order valence-electron chi connectivity index (χ4n) is 4.19. The summed E-state index contributed by atoms with van der Waals surface area (Å²) in [5.41, 5.74) is 0.779. The first-order valence-corrected chi connectivity index (χ1v) is 15.3. The number of ether oxygens (including phenoxy) is 2. The van der Waals surface area contributed by atoms with E-state index in [0.717, 1.165) is 23.0 Å². The molecule has 1 aliphatic heterocycles. The Labute approximate surface area is 248 Å². The van der Waals surface area contributed by atoms with Gasteiger partial charge < -0.3 is 24.6 Å². The van der Waals surface area contributed by atoms with Crippen molar-refractivity contribution in [3.05, 3.63) is 59.7 Å². The molecule has 2 aromatic rings. The summed E-state index contributed by atoms with van der Waals surface area (Å²) >= 11 is 0. The maximum absolute atomic E-state index is 13.2. The van der Waals surface area contributed by atoms with Crippen LogP contribution >= 0.6 is 0 Å². The highest BCUT2D eigenvalue weighted by atomic mass is 32.2. The molecule has 2 amide bonds. The molecule has 1 saturated heterocycles. The number of piperazine rings is 1. The lowest BCUT2D eigenvalue weighted by molar-refractivity contribution is -0.158. The number of benzene rings is 2.